The highest BCUT2D eigenvalue weighted by Gasteiger charge is 2.28. The summed E-state index contributed by atoms with van der Waals surface area (Å²) in [6.07, 6.45) is 4.88. The normalized spacial score (nSPS) is 27.3. The molecule has 0 aromatic carbocycles. The predicted octanol–water partition coefficient (Wildman–Crippen LogP) is 1.43. The first kappa shape index (κ1) is 8.75. The summed E-state index contributed by atoms with van der Waals surface area (Å²) in [5.74, 6) is 0.405. The molecule has 1 aromatic heterocycles. The van der Waals surface area contributed by atoms with E-state index in [0.29, 0.717) is 5.92 Å². The lowest BCUT2D eigenvalue weighted by atomic mass is 9.84. The number of aromatic nitrogens is 2. The van der Waals surface area contributed by atoms with Crippen molar-refractivity contribution in [2.45, 2.75) is 32.3 Å². The molecule has 2 rings (SSSR count). The van der Waals surface area contributed by atoms with E-state index in [0.717, 1.165) is 25.0 Å². The second-order valence-corrected chi connectivity index (χ2v) is 3.87. The number of fused-ring (bicyclic) bond motifs is 1. The molecule has 3 heteroatoms. The lowest BCUT2D eigenvalue weighted by Gasteiger charge is -2.25. The van der Waals surface area contributed by atoms with E-state index in [1.165, 1.54) is 5.56 Å². The first-order valence-electron chi connectivity index (χ1n) is 4.93. The van der Waals surface area contributed by atoms with Crippen LogP contribution in [0.25, 0.3) is 0 Å². The minimum atomic E-state index is -0.338. The summed E-state index contributed by atoms with van der Waals surface area (Å²) in [4.78, 5) is 0. The molecule has 0 spiro atoms. The van der Waals surface area contributed by atoms with Crippen LogP contribution in [-0.2, 0) is 13.5 Å². The van der Waals surface area contributed by atoms with Gasteiger partial charge in [0.1, 0.15) is 6.10 Å². The summed E-state index contributed by atoms with van der Waals surface area (Å²) in [5.41, 5.74) is 2.13. The Kier molecular flexibility index (Phi) is 2.12. The summed E-state index contributed by atoms with van der Waals surface area (Å²) >= 11 is 0. The Balaban J connectivity index is 2.33. The fraction of sp³-hybridized carbons (Fsp3) is 0.700. The lowest BCUT2D eigenvalue weighted by Crippen LogP contribution is -2.19. The van der Waals surface area contributed by atoms with Gasteiger partial charge in [-0.25, -0.2) is 0 Å². The highest BCUT2D eigenvalue weighted by Crippen LogP contribution is 2.34. The van der Waals surface area contributed by atoms with Crippen molar-refractivity contribution < 1.29 is 5.11 Å². The zero-order valence-electron chi connectivity index (χ0n) is 8.20. The standard InChI is InChI=1S/C10H16N2O/c1-3-7-4-5-8-6-12(2)11-9(8)10(7)13/h6-7,10,13H,3-5H2,1-2H3. The Morgan fingerprint density at radius 2 is 2.46 bits per heavy atom. The fourth-order valence-electron chi connectivity index (χ4n) is 2.15. The zero-order chi connectivity index (χ0) is 9.42. The van der Waals surface area contributed by atoms with Crippen LogP contribution in [0, 0.1) is 5.92 Å². The lowest BCUT2D eigenvalue weighted by molar-refractivity contribution is 0.0871. The summed E-state index contributed by atoms with van der Waals surface area (Å²) in [6.45, 7) is 2.13. The topological polar surface area (TPSA) is 38.0 Å². The molecule has 1 N–H and O–H groups in total. The molecule has 0 aliphatic heterocycles. The maximum atomic E-state index is 9.96. The van der Waals surface area contributed by atoms with Crippen LogP contribution in [0.2, 0.25) is 0 Å². The van der Waals surface area contributed by atoms with Crippen molar-refractivity contribution in [1.29, 1.82) is 0 Å². The largest absolute Gasteiger partial charge is 0.386 e. The second-order valence-electron chi connectivity index (χ2n) is 3.87. The molecule has 3 nitrogen and oxygen atoms in total. The Labute approximate surface area is 78.4 Å². The van der Waals surface area contributed by atoms with E-state index in [2.05, 4.69) is 12.0 Å². The third-order valence-corrected chi connectivity index (χ3v) is 2.97. The molecule has 0 fully saturated rings. The minimum Gasteiger partial charge on any atom is -0.386 e. The van der Waals surface area contributed by atoms with Crippen molar-refractivity contribution in [3.05, 3.63) is 17.5 Å². The van der Waals surface area contributed by atoms with Crippen LogP contribution in [0.5, 0.6) is 0 Å². The van der Waals surface area contributed by atoms with Crippen molar-refractivity contribution in [1.82, 2.24) is 9.78 Å². The maximum Gasteiger partial charge on any atom is 0.101 e. The van der Waals surface area contributed by atoms with E-state index in [1.54, 1.807) is 4.68 Å². The van der Waals surface area contributed by atoms with E-state index >= 15 is 0 Å². The number of rotatable bonds is 1. The van der Waals surface area contributed by atoms with Crippen LogP contribution < -0.4 is 0 Å². The molecule has 0 saturated carbocycles. The molecule has 1 aliphatic rings. The number of nitrogens with zero attached hydrogens (tertiary/aromatic N) is 2. The molecule has 1 heterocycles. The van der Waals surface area contributed by atoms with Crippen molar-refractivity contribution >= 4 is 0 Å². The van der Waals surface area contributed by atoms with Gasteiger partial charge in [-0.1, -0.05) is 13.3 Å². The molecule has 13 heavy (non-hydrogen) atoms. The van der Waals surface area contributed by atoms with Gasteiger partial charge in [0.25, 0.3) is 0 Å². The third-order valence-electron chi connectivity index (χ3n) is 2.97. The number of hydrogen-bond donors (Lipinski definition) is 1. The molecule has 72 valence electrons. The van der Waals surface area contributed by atoms with Crippen LogP contribution in [0.15, 0.2) is 6.20 Å². The second kappa shape index (κ2) is 3.14. The van der Waals surface area contributed by atoms with E-state index in [1.807, 2.05) is 13.2 Å². The van der Waals surface area contributed by atoms with Gasteiger partial charge in [-0.2, -0.15) is 5.10 Å². The van der Waals surface area contributed by atoms with Crippen LogP contribution in [-0.4, -0.2) is 14.9 Å². The summed E-state index contributed by atoms with van der Waals surface area (Å²) < 4.78 is 1.80. The third kappa shape index (κ3) is 1.37. The molecule has 2 atom stereocenters. The molecular weight excluding hydrogens is 164 g/mol. The van der Waals surface area contributed by atoms with Gasteiger partial charge in [0, 0.05) is 13.2 Å². The first-order valence-corrected chi connectivity index (χ1v) is 4.93. The van der Waals surface area contributed by atoms with Crippen LogP contribution in [0.1, 0.15) is 37.1 Å². The van der Waals surface area contributed by atoms with Gasteiger partial charge < -0.3 is 5.11 Å². The molecule has 1 aromatic rings. The molecular formula is C10H16N2O. The molecule has 1 aliphatic carbocycles. The Bertz CT molecular complexity index is 306. The molecule has 2 unspecified atom stereocenters. The van der Waals surface area contributed by atoms with E-state index in [-0.39, 0.29) is 6.10 Å². The number of aliphatic hydroxyl groups is 1. The van der Waals surface area contributed by atoms with Crippen molar-refractivity contribution in [2.75, 3.05) is 0 Å². The SMILES string of the molecule is CCC1CCc2cn(C)nc2C1O. The summed E-state index contributed by atoms with van der Waals surface area (Å²) in [5, 5.41) is 14.3. The van der Waals surface area contributed by atoms with Gasteiger partial charge >= 0.3 is 0 Å². The average Bonchev–Trinajstić information content (AvgIpc) is 2.47. The highest BCUT2D eigenvalue weighted by molar-refractivity contribution is 5.23. The minimum absolute atomic E-state index is 0.338. The molecule has 0 amide bonds. The molecule has 0 radical (unpaired) electrons. The van der Waals surface area contributed by atoms with Crippen LogP contribution in [0.4, 0.5) is 0 Å². The predicted molar refractivity (Wildman–Crippen MR) is 50.3 cm³/mol. The van der Waals surface area contributed by atoms with E-state index < -0.39 is 0 Å². The Hall–Kier alpha value is -0.830. The van der Waals surface area contributed by atoms with Crippen molar-refractivity contribution in [3.8, 4) is 0 Å². The average molecular weight is 180 g/mol. The van der Waals surface area contributed by atoms with Crippen molar-refractivity contribution in [3.63, 3.8) is 0 Å². The van der Waals surface area contributed by atoms with Gasteiger partial charge in [0.2, 0.25) is 0 Å². The fourth-order valence-corrected chi connectivity index (χ4v) is 2.15. The summed E-state index contributed by atoms with van der Waals surface area (Å²) in [6, 6.07) is 0. The molecule has 0 saturated heterocycles. The smallest absolute Gasteiger partial charge is 0.101 e. The first-order chi connectivity index (χ1) is 6.22. The number of aliphatic hydroxyl groups excluding tert-OH is 1. The highest BCUT2D eigenvalue weighted by atomic mass is 16.3. The van der Waals surface area contributed by atoms with E-state index in [4.69, 9.17) is 0 Å². The van der Waals surface area contributed by atoms with Gasteiger partial charge in [-0.15, -0.1) is 0 Å². The number of aryl methyl sites for hydroxylation is 2. The monoisotopic (exact) mass is 180 g/mol. The number of hydrogen-bond acceptors (Lipinski definition) is 2. The van der Waals surface area contributed by atoms with Gasteiger partial charge in [0.05, 0.1) is 5.69 Å². The van der Waals surface area contributed by atoms with Crippen LogP contribution in [0.3, 0.4) is 0 Å². The maximum absolute atomic E-state index is 9.96. The van der Waals surface area contributed by atoms with Gasteiger partial charge in [-0.05, 0) is 24.3 Å². The van der Waals surface area contributed by atoms with Gasteiger partial charge in [-0.3, -0.25) is 4.68 Å². The van der Waals surface area contributed by atoms with Gasteiger partial charge in [0.15, 0.2) is 0 Å². The zero-order valence-corrected chi connectivity index (χ0v) is 8.20. The summed E-state index contributed by atoms with van der Waals surface area (Å²) in [7, 11) is 1.91. The molecule has 0 bridgehead atoms. The Morgan fingerprint density at radius 3 is 3.15 bits per heavy atom. The van der Waals surface area contributed by atoms with Crippen molar-refractivity contribution in [2.24, 2.45) is 13.0 Å². The van der Waals surface area contributed by atoms with E-state index in [9.17, 15) is 5.11 Å². The van der Waals surface area contributed by atoms with Crippen LogP contribution >= 0.6 is 0 Å². The quantitative estimate of drug-likeness (QED) is 0.710. The Morgan fingerprint density at radius 1 is 1.69 bits per heavy atom.